The van der Waals surface area contributed by atoms with Gasteiger partial charge in [0.15, 0.2) is 0 Å². The Hall–Kier alpha value is -1.59. The fourth-order valence-corrected chi connectivity index (χ4v) is 3.48. The van der Waals surface area contributed by atoms with Crippen molar-refractivity contribution in [3.05, 3.63) is 29.8 Å². The third kappa shape index (κ3) is 3.67. The van der Waals surface area contributed by atoms with Gasteiger partial charge < -0.3 is 14.8 Å². The zero-order valence-corrected chi connectivity index (χ0v) is 14.1. The highest BCUT2D eigenvalue weighted by atomic mass is 16.5. The second kappa shape index (κ2) is 6.89. The number of rotatable bonds is 3. The summed E-state index contributed by atoms with van der Waals surface area (Å²) in [5.74, 6) is 0.957. The molecule has 2 heterocycles. The van der Waals surface area contributed by atoms with Gasteiger partial charge >= 0.3 is 0 Å². The summed E-state index contributed by atoms with van der Waals surface area (Å²) in [5, 5.41) is 3.20. The van der Waals surface area contributed by atoms with E-state index < -0.39 is 0 Å². The summed E-state index contributed by atoms with van der Waals surface area (Å²) in [6, 6.07) is 7.82. The molecule has 0 aliphatic carbocycles. The van der Waals surface area contributed by atoms with Gasteiger partial charge in [0.1, 0.15) is 5.75 Å². The Morgan fingerprint density at radius 2 is 1.96 bits per heavy atom. The number of carbonyl (C=O) groups is 1. The van der Waals surface area contributed by atoms with E-state index in [0.29, 0.717) is 6.61 Å². The van der Waals surface area contributed by atoms with Crippen LogP contribution in [0.15, 0.2) is 24.3 Å². The van der Waals surface area contributed by atoms with Gasteiger partial charge in [-0.3, -0.25) is 9.69 Å². The van der Waals surface area contributed by atoms with Crippen molar-refractivity contribution in [2.75, 3.05) is 19.7 Å². The lowest BCUT2D eigenvalue weighted by Crippen LogP contribution is -2.54. The number of amides is 1. The molecule has 1 aromatic rings. The monoisotopic (exact) mass is 318 g/mol. The summed E-state index contributed by atoms with van der Waals surface area (Å²) >= 11 is 0. The van der Waals surface area contributed by atoms with Crippen LogP contribution < -0.4 is 10.1 Å². The summed E-state index contributed by atoms with van der Waals surface area (Å²) in [4.78, 5) is 14.9. The van der Waals surface area contributed by atoms with Crippen LogP contribution in [0.4, 0.5) is 0 Å². The van der Waals surface area contributed by atoms with Gasteiger partial charge in [0.2, 0.25) is 5.91 Å². The van der Waals surface area contributed by atoms with Crippen LogP contribution in [0.2, 0.25) is 0 Å². The van der Waals surface area contributed by atoms with Crippen LogP contribution in [0, 0.1) is 0 Å². The zero-order chi connectivity index (χ0) is 16.4. The molecule has 4 atom stereocenters. The highest BCUT2D eigenvalue weighted by Crippen LogP contribution is 2.31. The van der Waals surface area contributed by atoms with Gasteiger partial charge in [0, 0.05) is 25.1 Å². The van der Waals surface area contributed by atoms with Crippen LogP contribution in [0.3, 0.4) is 0 Å². The Bertz CT molecular complexity index is 553. The Balaban J connectivity index is 1.65. The number of para-hydroxylation sites is 1. The second-order valence-electron chi connectivity index (χ2n) is 6.62. The van der Waals surface area contributed by atoms with Gasteiger partial charge in [0.25, 0.3) is 0 Å². The highest BCUT2D eigenvalue weighted by molar-refractivity contribution is 5.82. The normalized spacial score (nSPS) is 29.3. The number of morpholine rings is 1. The molecule has 5 heteroatoms. The van der Waals surface area contributed by atoms with Crippen molar-refractivity contribution < 1.29 is 14.3 Å². The van der Waals surface area contributed by atoms with Crippen LogP contribution in [0.1, 0.15) is 38.8 Å². The molecular weight excluding hydrogens is 292 g/mol. The Morgan fingerprint density at radius 3 is 2.70 bits per heavy atom. The van der Waals surface area contributed by atoms with Crippen molar-refractivity contribution in [2.24, 2.45) is 0 Å². The quantitative estimate of drug-likeness (QED) is 0.927. The number of benzene rings is 1. The number of carbonyl (C=O) groups excluding carboxylic acids is 1. The third-order valence-electron chi connectivity index (χ3n) is 4.65. The Kier molecular flexibility index (Phi) is 4.87. The number of nitrogens with one attached hydrogen (secondary N) is 1. The lowest BCUT2D eigenvalue weighted by atomic mass is 10.00. The molecule has 0 spiro atoms. The minimum absolute atomic E-state index is 0.0331. The van der Waals surface area contributed by atoms with E-state index in [2.05, 4.69) is 24.1 Å². The van der Waals surface area contributed by atoms with Crippen molar-refractivity contribution in [3.63, 3.8) is 0 Å². The minimum Gasteiger partial charge on any atom is -0.493 e. The maximum Gasteiger partial charge on any atom is 0.237 e. The second-order valence-corrected chi connectivity index (χ2v) is 6.62. The third-order valence-corrected chi connectivity index (χ3v) is 4.65. The fraction of sp³-hybridized carbons (Fsp3) is 0.611. The number of nitrogens with zero attached hydrogens (tertiary/aromatic N) is 1. The first-order valence-electron chi connectivity index (χ1n) is 8.46. The SMILES string of the molecule is CC1CN(C(C)C(=O)NC2CCOc3ccccc32)CC(C)O1. The molecule has 3 rings (SSSR count). The zero-order valence-electron chi connectivity index (χ0n) is 14.1. The van der Waals surface area contributed by atoms with Crippen molar-refractivity contribution in [1.29, 1.82) is 0 Å². The number of fused-ring (bicyclic) bond motifs is 1. The minimum atomic E-state index is -0.154. The Morgan fingerprint density at radius 1 is 1.26 bits per heavy atom. The number of hydrogen-bond donors (Lipinski definition) is 1. The maximum atomic E-state index is 12.7. The topological polar surface area (TPSA) is 50.8 Å². The van der Waals surface area contributed by atoms with E-state index in [1.807, 2.05) is 31.2 Å². The van der Waals surface area contributed by atoms with E-state index in [0.717, 1.165) is 30.8 Å². The van der Waals surface area contributed by atoms with E-state index in [-0.39, 0.29) is 30.2 Å². The van der Waals surface area contributed by atoms with Gasteiger partial charge in [0.05, 0.1) is 30.9 Å². The van der Waals surface area contributed by atoms with Gasteiger partial charge in [-0.05, 0) is 26.8 Å². The molecule has 0 aromatic heterocycles. The first-order chi connectivity index (χ1) is 11.0. The molecule has 126 valence electrons. The van der Waals surface area contributed by atoms with E-state index in [4.69, 9.17) is 9.47 Å². The average Bonchev–Trinajstić information content (AvgIpc) is 2.53. The van der Waals surface area contributed by atoms with Crippen LogP contribution in [-0.2, 0) is 9.53 Å². The van der Waals surface area contributed by atoms with E-state index in [9.17, 15) is 4.79 Å². The molecule has 0 saturated carbocycles. The smallest absolute Gasteiger partial charge is 0.237 e. The van der Waals surface area contributed by atoms with Crippen LogP contribution in [0.5, 0.6) is 5.75 Å². The molecule has 1 aromatic carbocycles. The molecule has 2 aliphatic heterocycles. The van der Waals surface area contributed by atoms with Crippen molar-refractivity contribution in [3.8, 4) is 5.75 Å². The van der Waals surface area contributed by atoms with E-state index in [1.165, 1.54) is 0 Å². The maximum absolute atomic E-state index is 12.7. The van der Waals surface area contributed by atoms with Crippen molar-refractivity contribution in [2.45, 2.75) is 51.5 Å². The average molecular weight is 318 g/mol. The van der Waals surface area contributed by atoms with Gasteiger partial charge in [-0.2, -0.15) is 0 Å². The molecule has 0 radical (unpaired) electrons. The Labute approximate surface area is 137 Å². The molecule has 0 bridgehead atoms. The molecule has 1 fully saturated rings. The summed E-state index contributed by atoms with van der Waals surface area (Å²) in [6.45, 7) is 8.32. The first-order valence-corrected chi connectivity index (χ1v) is 8.46. The number of hydrogen-bond acceptors (Lipinski definition) is 4. The lowest BCUT2D eigenvalue weighted by molar-refractivity contribution is -0.132. The molecule has 1 N–H and O–H groups in total. The molecule has 5 nitrogen and oxygen atoms in total. The van der Waals surface area contributed by atoms with Crippen molar-refractivity contribution >= 4 is 5.91 Å². The van der Waals surface area contributed by atoms with Crippen molar-refractivity contribution in [1.82, 2.24) is 10.2 Å². The summed E-state index contributed by atoms with van der Waals surface area (Å²) < 4.78 is 11.4. The van der Waals surface area contributed by atoms with E-state index in [1.54, 1.807) is 0 Å². The summed E-state index contributed by atoms with van der Waals surface area (Å²) in [5.41, 5.74) is 1.07. The van der Waals surface area contributed by atoms with E-state index >= 15 is 0 Å². The molecule has 1 amide bonds. The predicted octanol–water partition coefficient (Wildman–Crippen LogP) is 2.12. The molecular formula is C18H26N2O3. The molecule has 23 heavy (non-hydrogen) atoms. The number of ether oxygens (including phenoxy) is 2. The molecule has 4 unspecified atom stereocenters. The van der Waals surface area contributed by atoms with Crippen LogP contribution in [-0.4, -0.2) is 48.8 Å². The summed E-state index contributed by atoms with van der Waals surface area (Å²) in [7, 11) is 0. The predicted molar refractivity (Wildman–Crippen MR) is 88.5 cm³/mol. The van der Waals surface area contributed by atoms with Gasteiger partial charge in [-0.25, -0.2) is 0 Å². The van der Waals surface area contributed by atoms with Crippen LogP contribution >= 0.6 is 0 Å². The van der Waals surface area contributed by atoms with Crippen LogP contribution in [0.25, 0.3) is 0 Å². The first kappa shape index (κ1) is 16.3. The standard InChI is InChI=1S/C18H26N2O3/c1-12-10-20(11-13(2)23-12)14(3)18(21)19-16-8-9-22-17-7-5-4-6-15(16)17/h4-7,12-14,16H,8-11H2,1-3H3,(H,19,21). The fourth-order valence-electron chi connectivity index (χ4n) is 3.48. The molecule has 1 saturated heterocycles. The van der Waals surface area contributed by atoms with Gasteiger partial charge in [-0.1, -0.05) is 18.2 Å². The van der Waals surface area contributed by atoms with Gasteiger partial charge in [-0.15, -0.1) is 0 Å². The lowest BCUT2D eigenvalue weighted by Gasteiger charge is -2.38. The molecule has 2 aliphatic rings. The largest absolute Gasteiger partial charge is 0.493 e. The summed E-state index contributed by atoms with van der Waals surface area (Å²) in [6.07, 6.45) is 1.14. The highest BCUT2D eigenvalue weighted by Gasteiger charge is 2.31.